The van der Waals surface area contributed by atoms with E-state index in [1.807, 2.05) is 6.92 Å². The number of aliphatic hydroxyl groups excluding tert-OH is 1. The van der Waals surface area contributed by atoms with E-state index in [1.54, 1.807) is 0 Å². The summed E-state index contributed by atoms with van der Waals surface area (Å²) in [5.41, 5.74) is 3.87. The maximum atomic E-state index is 10.8. The van der Waals surface area contributed by atoms with E-state index in [9.17, 15) is 10.4 Å². The van der Waals surface area contributed by atoms with Gasteiger partial charge in [0.25, 0.3) is 0 Å². The monoisotopic (exact) mass is 257 g/mol. The fourth-order valence-corrected chi connectivity index (χ4v) is 3.20. The van der Waals surface area contributed by atoms with Gasteiger partial charge < -0.3 is 5.11 Å². The molecule has 1 aliphatic rings. The molecule has 0 bridgehead atoms. The Morgan fingerprint density at radius 1 is 1.05 bits per heavy atom. The average molecular weight is 257 g/mol. The van der Waals surface area contributed by atoms with Gasteiger partial charge in [0.2, 0.25) is 0 Å². The topological polar surface area (TPSA) is 44.0 Å². The molecule has 1 saturated carbocycles. The molecular formula is C17H23NO. The summed E-state index contributed by atoms with van der Waals surface area (Å²) in [5.74, 6) is 0. The molecule has 2 heteroatoms. The number of aryl methyl sites for hydroxylation is 3. The Hall–Kier alpha value is -1.33. The maximum absolute atomic E-state index is 10.8. The number of hydrogen-bond donors (Lipinski definition) is 1. The molecular weight excluding hydrogens is 234 g/mol. The minimum absolute atomic E-state index is 0.579. The number of nitrogens with zero attached hydrogens (tertiary/aromatic N) is 1. The lowest BCUT2D eigenvalue weighted by molar-refractivity contribution is 0.0355. The van der Waals surface area contributed by atoms with Crippen LogP contribution in [0.25, 0.3) is 0 Å². The largest absolute Gasteiger partial charge is 0.387 e. The van der Waals surface area contributed by atoms with Gasteiger partial charge in [0.15, 0.2) is 0 Å². The van der Waals surface area contributed by atoms with Crippen LogP contribution in [0.3, 0.4) is 0 Å². The predicted molar refractivity (Wildman–Crippen MR) is 76.7 cm³/mol. The van der Waals surface area contributed by atoms with Crippen molar-refractivity contribution in [2.75, 3.05) is 0 Å². The molecule has 1 atom stereocenters. The quantitative estimate of drug-likeness (QED) is 0.866. The van der Waals surface area contributed by atoms with E-state index in [2.05, 4.69) is 32.0 Å². The molecule has 1 unspecified atom stereocenters. The first-order valence-electron chi connectivity index (χ1n) is 7.17. The van der Waals surface area contributed by atoms with Crippen molar-refractivity contribution < 1.29 is 5.11 Å². The second-order valence-electron chi connectivity index (χ2n) is 6.02. The Balaban J connectivity index is 2.40. The van der Waals surface area contributed by atoms with Crippen molar-refractivity contribution in [2.24, 2.45) is 5.41 Å². The highest BCUT2D eigenvalue weighted by atomic mass is 16.3. The first-order valence-corrected chi connectivity index (χ1v) is 7.17. The molecule has 1 N–H and O–H groups in total. The second kappa shape index (κ2) is 5.35. The number of hydrogen-bond acceptors (Lipinski definition) is 2. The molecule has 0 saturated heterocycles. The molecule has 0 amide bonds. The molecule has 0 heterocycles. The molecule has 0 aliphatic heterocycles. The highest BCUT2D eigenvalue weighted by Crippen LogP contribution is 2.46. The lowest BCUT2D eigenvalue weighted by Crippen LogP contribution is -2.30. The van der Waals surface area contributed by atoms with Crippen molar-refractivity contribution in [3.8, 4) is 6.07 Å². The first-order chi connectivity index (χ1) is 9.00. The highest BCUT2D eigenvalue weighted by molar-refractivity contribution is 5.39. The molecule has 0 radical (unpaired) electrons. The maximum Gasteiger partial charge on any atom is 0.0978 e. The third-order valence-electron chi connectivity index (χ3n) is 4.67. The van der Waals surface area contributed by atoms with Crippen molar-refractivity contribution in [1.82, 2.24) is 0 Å². The number of aliphatic hydroxyl groups is 1. The van der Waals surface area contributed by atoms with E-state index < -0.39 is 11.5 Å². The van der Waals surface area contributed by atoms with Crippen LogP contribution in [0.2, 0.25) is 0 Å². The van der Waals surface area contributed by atoms with Gasteiger partial charge in [0.05, 0.1) is 17.6 Å². The third kappa shape index (κ3) is 2.53. The summed E-state index contributed by atoms with van der Waals surface area (Å²) < 4.78 is 0. The van der Waals surface area contributed by atoms with Gasteiger partial charge in [-0.2, -0.15) is 5.26 Å². The van der Waals surface area contributed by atoms with E-state index in [0.29, 0.717) is 0 Å². The minimum atomic E-state index is -0.655. The Kier molecular flexibility index (Phi) is 3.96. The van der Waals surface area contributed by atoms with Crippen molar-refractivity contribution in [1.29, 1.82) is 5.26 Å². The smallest absolute Gasteiger partial charge is 0.0978 e. The second-order valence-corrected chi connectivity index (χ2v) is 6.02. The minimum Gasteiger partial charge on any atom is -0.387 e. The van der Waals surface area contributed by atoms with Gasteiger partial charge in [-0.1, -0.05) is 31.4 Å². The fraction of sp³-hybridized carbons (Fsp3) is 0.588. The van der Waals surface area contributed by atoms with Crippen LogP contribution in [0.5, 0.6) is 0 Å². The van der Waals surface area contributed by atoms with E-state index in [-0.39, 0.29) is 0 Å². The van der Waals surface area contributed by atoms with Crippen LogP contribution in [-0.4, -0.2) is 5.11 Å². The zero-order valence-electron chi connectivity index (χ0n) is 12.2. The van der Waals surface area contributed by atoms with Crippen molar-refractivity contribution >= 4 is 0 Å². The van der Waals surface area contributed by atoms with Crippen LogP contribution in [0.15, 0.2) is 12.1 Å². The van der Waals surface area contributed by atoms with Gasteiger partial charge in [-0.05, 0) is 55.9 Å². The number of benzene rings is 1. The Bertz CT molecular complexity index is 507. The van der Waals surface area contributed by atoms with Crippen LogP contribution in [0.1, 0.15) is 60.5 Å². The van der Waals surface area contributed by atoms with Crippen LogP contribution >= 0.6 is 0 Å². The van der Waals surface area contributed by atoms with Gasteiger partial charge >= 0.3 is 0 Å². The van der Waals surface area contributed by atoms with Gasteiger partial charge in [-0.3, -0.25) is 0 Å². The Labute approximate surface area is 116 Å². The van der Waals surface area contributed by atoms with Gasteiger partial charge in [-0.15, -0.1) is 0 Å². The zero-order valence-corrected chi connectivity index (χ0v) is 12.2. The van der Waals surface area contributed by atoms with Gasteiger partial charge in [-0.25, -0.2) is 0 Å². The molecule has 1 aromatic carbocycles. The fourth-order valence-electron chi connectivity index (χ4n) is 3.20. The van der Waals surface area contributed by atoms with Crippen LogP contribution in [0, 0.1) is 37.5 Å². The van der Waals surface area contributed by atoms with Gasteiger partial charge in [0, 0.05) is 0 Å². The lowest BCUT2D eigenvalue weighted by Gasteiger charge is -2.36. The summed E-state index contributed by atoms with van der Waals surface area (Å²) >= 11 is 0. The summed E-state index contributed by atoms with van der Waals surface area (Å²) in [6.07, 6.45) is 4.26. The zero-order chi connectivity index (χ0) is 14.0. The molecule has 0 spiro atoms. The molecule has 102 valence electrons. The van der Waals surface area contributed by atoms with Crippen molar-refractivity contribution in [2.45, 2.75) is 59.0 Å². The third-order valence-corrected chi connectivity index (χ3v) is 4.67. The summed E-state index contributed by atoms with van der Waals surface area (Å²) in [4.78, 5) is 0. The molecule has 1 fully saturated rings. The Morgan fingerprint density at radius 2 is 1.63 bits per heavy atom. The summed E-state index contributed by atoms with van der Waals surface area (Å²) in [6, 6.07) is 6.60. The van der Waals surface area contributed by atoms with Crippen molar-refractivity contribution in [3.05, 3.63) is 34.4 Å². The van der Waals surface area contributed by atoms with E-state index >= 15 is 0 Å². The molecule has 19 heavy (non-hydrogen) atoms. The highest BCUT2D eigenvalue weighted by Gasteiger charge is 2.40. The van der Waals surface area contributed by atoms with E-state index in [1.165, 1.54) is 17.5 Å². The van der Waals surface area contributed by atoms with E-state index in [4.69, 9.17) is 0 Å². The summed E-state index contributed by atoms with van der Waals surface area (Å²) in [5, 5.41) is 20.3. The number of nitriles is 1. The normalized spacial score (nSPS) is 19.7. The molecule has 2 nitrogen and oxygen atoms in total. The van der Waals surface area contributed by atoms with Crippen LogP contribution in [-0.2, 0) is 0 Å². The van der Waals surface area contributed by atoms with E-state index in [0.717, 1.165) is 36.8 Å². The average Bonchev–Trinajstić information content (AvgIpc) is 2.43. The van der Waals surface area contributed by atoms with Crippen LogP contribution < -0.4 is 0 Å². The lowest BCUT2D eigenvalue weighted by atomic mass is 9.69. The Morgan fingerprint density at radius 3 is 2.21 bits per heavy atom. The van der Waals surface area contributed by atoms with Crippen molar-refractivity contribution in [3.63, 3.8) is 0 Å². The van der Waals surface area contributed by atoms with Gasteiger partial charge in [0.1, 0.15) is 0 Å². The summed E-state index contributed by atoms with van der Waals surface area (Å²) in [7, 11) is 0. The van der Waals surface area contributed by atoms with Crippen LogP contribution in [0.4, 0.5) is 0 Å². The SMILES string of the molecule is Cc1cc(C)c(C(O)C2(C#N)CCCCC2)cc1C. The molecule has 1 aromatic rings. The molecule has 2 rings (SSSR count). The predicted octanol–water partition coefficient (Wildman–Crippen LogP) is 4.12. The first kappa shape index (κ1) is 14.1. The number of rotatable bonds is 2. The molecule has 0 aromatic heterocycles. The summed E-state index contributed by atoms with van der Waals surface area (Å²) in [6.45, 7) is 6.17. The standard InChI is InChI=1S/C17H23NO/c1-12-9-14(3)15(10-13(12)2)16(19)17(11-18)7-5-4-6-8-17/h9-10,16,19H,4-8H2,1-3H3. The molecule has 1 aliphatic carbocycles.